The molecule has 0 aromatic heterocycles. The molecule has 19 heavy (non-hydrogen) atoms. The van der Waals surface area contributed by atoms with Crippen LogP contribution in [0.15, 0.2) is 43.0 Å². The SMILES string of the molecule is C=CCN(CCc1ccccc1)C(=O)C(C)C(C)N. The van der Waals surface area contributed by atoms with Crippen molar-refractivity contribution < 1.29 is 4.79 Å². The first-order valence-corrected chi connectivity index (χ1v) is 6.75. The van der Waals surface area contributed by atoms with Crippen LogP contribution in [-0.2, 0) is 11.2 Å². The smallest absolute Gasteiger partial charge is 0.227 e. The highest BCUT2D eigenvalue weighted by molar-refractivity contribution is 5.79. The van der Waals surface area contributed by atoms with Gasteiger partial charge in [0.05, 0.1) is 5.92 Å². The molecule has 0 saturated heterocycles. The molecule has 3 heteroatoms. The zero-order valence-electron chi connectivity index (χ0n) is 11.9. The van der Waals surface area contributed by atoms with Gasteiger partial charge in [-0.25, -0.2) is 0 Å². The number of hydrogen-bond acceptors (Lipinski definition) is 2. The molecule has 0 bridgehead atoms. The molecule has 1 aromatic rings. The maximum atomic E-state index is 12.3. The van der Waals surface area contributed by atoms with E-state index in [9.17, 15) is 4.79 Å². The van der Waals surface area contributed by atoms with Gasteiger partial charge in [0.15, 0.2) is 0 Å². The molecular formula is C16H24N2O. The summed E-state index contributed by atoms with van der Waals surface area (Å²) in [5.41, 5.74) is 7.04. The largest absolute Gasteiger partial charge is 0.338 e. The van der Waals surface area contributed by atoms with Gasteiger partial charge in [-0.3, -0.25) is 4.79 Å². The maximum Gasteiger partial charge on any atom is 0.227 e. The van der Waals surface area contributed by atoms with Crippen LogP contribution in [0.2, 0.25) is 0 Å². The molecule has 0 spiro atoms. The molecule has 0 heterocycles. The Labute approximate surface area is 116 Å². The summed E-state index contributed by atoms with van der Waals surface area (Å²) in [6.07, 6.45) is 2.61. The monoisotopic (exact) mass is 260 g/mol. The van der Waals surface area contributed by atoms with Gasteiger partial charge in [0, 0.05) is 19.1 Å². The zero-order valence-corrected chi connectivity index (χ0v) is 11.9. The Morgan fingerprint density at radius 3 is 2.53 bits per heavy atom. The molecule has 0 aliphatic rings. The Hall–Kier alpha value is -1.61. The molecule has 1 rings (SSSR count). The van der Waals surface area contributed by atoms with E-state index in [-0.39, 0.29) is 17.9 Å². The number of benzene rings is 1. The molecule has 2 N–H and O–H groups in total. The average Bonchev–Trinajstić information content (AvgIpc) is 2.42. The van der Waals surface area contributed by atoms with Gasteiger partial charge in [-0.1, -0.05) is 43.3 Å². The second kappa shape index (κ2) is 7.74. The van der Waals surface area contributed by atoms with Crippen LogP contribution in [-0.4, -0.2) is 29.9 Å². The molecule has 0 aliphatic carbocycles. The van der Waals surface area contributed by atoms with E-state index >= 15 is 0 Å². The van der Waals surface area contributed by atoms with Gasteiger partial charge in [-0.05, 0) is 18.9 Å². The summed E-state index contributed by atoms with van der Waals surface area (Å²) in [4.78, 5) is 14.1. The van der Waals surface area contributed by atoms with E-state index in [1.54, 1.807) is 6.08 Å². The van der Waals surface area contributed by atoms with Crippen LogP contribution in [0.5, 0.6) is 0 Å². The Morgan fingerprint density at radius 1 is 1.37 bits per heavy atom. The van der Waals surface area contributed by atoms with E-state index < -0.39 is 0 Å². The van der Waals surface area contributed by atoms with E-state index in [0.29, 0.717) is 13.1 Å². The fourth-order valence-electron chi connectivity index (χ4n) is 1.87. The first-order valence-electron chi connectivity index (χ1n) is 6.75. The predicted molar refractivity (Wildman–Crippen MR) is 79.7 cm³/mol. The summed E-state index contributed by atoms with van der Waals surface area (Å²) in [6.45, 7) is 8.74. The first kappa shape index (κ1) is 15.4. The Morgan fingerprint density at radius 2 is 2.00 bits per heavy atom. The highest BCUT2D eigenvalue weighted by Crippen LogP contribution is 2.08. The third-order valence-corrected chi connectivity index (χ3v) is 3.35. The predicted octanol–water partition coefficient (Wildman–Crippen LogP) is 2.23. The minimum atomic E-state index is -0.157. The normalized spacial score (nSPS) is 13.6. The lowest BCUT2D eigenvalue weighted by Crippen LogP contribution is -2.42. The van der Waals surface area contributed by atoms with Crippen LogP contribution in [0.25, 0.3) is 0 Å². The second-order valence-electron chi connectivity index (χ2n) is 4.96. The minimum absolute atomic E-state index is 0.103. The van der Waals surface area contributed by atoms with Crippen LogP contribution in [0.1, 0.15) is 19.4 Å². The highest BCUT2D eigenvalue weighted by atomic mass is 16.2. The molecule has 0 aliphatic heterocycles. The molecule has 2 atom stereocenters. The fourth-order valence-corrected chi connectivity index (χ4v) is 1.87. The number of hydrogen-bond donors (Lipinski definition) is 1. The number of carbonyl (C=O) groups is 1. The lowest BCUT2D eigenvalue weighted by Gasteiger charge is -2.26. The van der Waals surface area contributed by atoms with E-state index in [1.165, 1.54) is 5.56 Å². The lowest BCUT2D eigenvalue weighted by atomic mass is 10.0. The van der Waals surface area contributed by atoms with Crippen molar-refractivity contribution in [2.75, 3.05) is 13.1 Å². The topological polar surface area (TPSA) is 46.3 Å². The molecule has 3 nitrogen and oxygen atoms in total. The first-order chi connectivity index (χ1) is 9.06. The van der Waals surface area contributed by atoms with Crippen LogP contribution in [0.3, 0.4) is 0 Å². The number of nitrogens with two attached hydrogens (primary N) is 1. The number of amides is 1. The van der Waals surface area contributed by atoms with Crippen molar-refractivity contribution in [2.45, 2.75) is 26.3 Å². The van der Waals surface area contributed by atoms with Gasteiger partial charge in [-0.2, -0.15) is 0 Å². The van der Waals surface area contributed by atoms with Gasteiger partial charge < -0.3 is 10.6 Å². The van der Waals surface area contributed by atoms with Crippen molar-refractivity contribution in [1.82, 2.24) is 4.90 Å². The van der Waals surface area contributed by atoms with Crippen molar-refractivity contribution in [3.8, 4) is 0 Å². The van der Waals surface area contributed by atoms with E-state index in [0.717, 1.165) is 6.42 Å². The third kappa shape index (κ3) is 4.87. The maximum absolute atomic E-state index is 12.3. The summed E-state index contributed by atoms with van der Waals surface area (Å²) in [5.74, 6) is -0.0541. The van der Waals surface area contributed by atoms with Gasteiger partial charge in [-0.15, -0.1) is 6.58 Å². The zero-order chi connectivity index (χ0) is 14.3. The lowest BCUT2D eigenvalue weighted by molar-refractivity contribution is -0.134. The summed E-state index contributed by atoms with van der Waals surface area (Å²) in [5, 5.41) is 0. The van der Waals surface area contributed by atoms with Crippen molar-refractivity contribution >= 4 is 5.91 Å². The second-order valence-corrected chi connectivity index (χ2v) is 4.96. The summed E-state index contributed by atoms with van der Waals surface area (Å²) >= 11 is 0. The standard InChI is InChI=1S/C16H24N2O/c1-4-11-18(16(19)13(2)14(3)17)12-10-15-8-6-5-7-9-15/h4-9,13-14H,1,10-12,17H2,2-3H3. The van der Waals surface area contributed by atoms with Crippen LogP contribution in [0.4, 0.5) is 0 Å². The Kier molecular flexibility index (Phi) is 6.30. The average molecular weight is 260 g/mol. The van der Waals surface area contributed by atoms with Crippen molar-refractivity contribution in [1.29, 1.82) is 0 Å². The number of rotatable bonds is 7. The molecule has 1 aromatic carbocycles. The van der Waals surface area contributed by atoms with Crippen LogP contribution >= 0.6 is 0 Å². The van der Waals surface area contributed by atoms with Gasteiger partial charge in [0.2, 0.25) is 5.91 Å². The third-order valence-electron chi connectivity index (χ3n) is 3.35. The van der Waals surface area contributed by atoms with Crippen molar-refractivity contribution in [3.63, 3.8) is 0 Å². The van der Waals surface area contributed by atoms with E-state index in [1.807, 2.05) is 36.9 Å². The van der Waals surface area contributed by atoms with Crippen LogP contribution in [0, 0.1) is 5.92 Å². The molecule has 1 amide bonds. The fraction of sp³-hybridized carbons (Fsp3) is 0.438. The summed E-state index contributed by atoms with van der Waals surface area (Å²) < 4.78 is 0. The van der Waals surface area contributed by atoms with E-state index in [4.69, 9.17) is 5.73 Å². The minimum Gasteiger partial charge on any atom is -0.338 e. The van der Waals surface area contributed by atoms with Crippen LogP contribution < -0.4 is 5.73 Å². The molecule has 0 saturated carbocycles. The summed E-state index contributed by atoms with van der Waals surface area (Å²) in [6, 6.07) is 10.0. The van der Waals surface area contributed by atoms with Gasteiger partial charge in [0.1, 0.15) is 0 Å². The molecule has 0 fully saturated rings. The molecule has 104 valence electrons. The van der Waals surface area contributed by atoms with Crippen molar-refractivity contribution in [3.05, 3.63) is 48.6 Å². The Bertz CT molecular complexity index is 400. The quantitative estimate of drug-likeness (QED) is 0.764. The molecule has 2 unspecified atom stereocenters. The number of nitrogens with zero attached hydrogens (tertiary/aromatic N) is 1. The summed E-state index contributed by atoms with van der Waals surface area (Å²) in [7, 11) is 0. The molecular weight excluding hydrogens is 236 g/mol. The van der Waals surface area contributed by atoms with E-state index in [2.05, 4.69) is 18.7 Å². The van der Waals surface area contributed by atoms with Gasteiger partial charge in [0.25, 0.3) is 0 Å². The number of carbonyl (C=O) groups excluding carboxylic acids is 1. The molecule has 0 radical (unpaired) electrons. The van der Waals surface area contributed by atoms with Crippen molar-refractivity contribution in [2.24, 2.45) is 11.7 Å². The Balaban J connectivity index is 2.62. The highest BCUT2D eigenvalue weighted by Gasteiger charge is 2.22. The van der Waals surface area contributed by atoms with Gasteiger partial charge >= 0.3 is 0 Å².